The summed E-state index contributed by atoms with van der Waals surface area (Å²) < 4.78 is 13.3. The Bertz CT molecular complexity index is 439. The first-order valence-corrected chi connectivity index (χ1v) is 8.06. The van der Waals surface area contributed by atoms with Gasteiger partial charge in [0.2, 0.25) is 0 Å². The molecule has 0 spiro atoms. The van der Waals surface area contributed by atoms with E-state index in [1.807, 2.05) is 6.07 Å². The van der Waals surface area contributed by atoms with E-state index in [1.165, 1.54) is 38.2 Å². The van der Waals surface area contributed by atoms with Gasteiger partial charge in [-0.3, -0.25) is 0 Å². The molecule has 2 rings (SSSR count). The minimum absolute atomic E-state index is 0.241. The molecule has 0 aliphatic heterocycles. The van der Waals surface area contributed by atoms with Gasteiger partial charge < -0.3 is 5.32 Å². The van der Waals surface area contributed by atoms with Crippen LogP contribution < -0.4 is 5.32 Å². The van der Waals surface area contributed by atoms with E-state index in [0.29, 0.717) is 11.5 Å². The monoisotopic (exact) mass is 297 g/mol. The number of hydrogen-bond donors (Lipinski definition) is 1. The van der Waals surface area contributed by atoms with Crippen molar-refractivity contribution in [2.45, 2.75) is 58.4 Å². The van der Waals surface area contributed by atoms with E-state index in [1.54, 1.807) is 6.07 Å². The van der Waals surface area contributed by atoms with Crippen LogP contribution in [-0.2, 0) is 6.42 Å². The normalized spacial score (nSPS) is 18.4. The molecule has 1 aliphatic carbocycles. The van der Waals surface area contributed by atoms with Gasteiger partial charge in [0.1, 0.15) is 5.82 Å². The maximum atomic E-state index is 13.3. The van der Waals surface area contributed by atoms with Gasteiger partial charge >= 0.3 is 0 Å². The lowest BCUT2D eigenvalue weighted by Crippen LogP contribution is -2.40. The van der Waals surface area contributed by atoms with Gasteiger partial charge in [0, 0.05) is 12.6 Å². The molecule has 1 aromatic rings. The van der Waals surface area contributed by atoms with E-state index in [4.69, 9.17) is 11.6 Å². The Balaban J connectivity index is 2.11. The summed E-state index contributed by atoms with van der Waals surface area (Å²) in [6, 6.07) is 5.67. The van der Waals surface area contributed by atoms with Gasteiger partial charge in [-0.1, -0.05) is 50.8 Å². The molecule has 0 heterocycles. The largest absolute Gasteiger partial charge is 0.314 e. The molecule has 20 heavy (non-hydrogen) atoms. The summed E-state index contributed by atoms with van der Waals surface area (Å²) in [4.78, 5) is 0. The Labute approximate surface area is 126 Å². The van der Waals surface area contributed by atoms with Gasteiger partial charge in [0.25, 0.3) is 0 Å². The molecule has 0 saturated heterocycles. The van der Waals surface area contributed by atoms with Crippen molar-refractivity contribution in [2.75, 3.05) is 6.54 Å². The standard InChI is InChI=1S/C17H25ClFN/c1-13(2)20-12-17(8-4-3-5-9-17)11-14-6-7-16(19)15(18)10-14/h6-7,10,13,20H,3-5,8-9,11-12H2,1-2H3. The number of benzene rings is 1. The molecule has 1 aliphatic rings. The quantitative estimate of drug-likeness (QED) is 0.809. The Morgan fingerprint density at radius 1 is 1.25 bits per heavy atom. The van der Waals surface area contributed by atoms with Gasteiger partial charge in [-0.2, -0.15) is 0 Å². The van der Waals surface area contributed by atoms with Crippen LogP contribution in [0.3, 0.4) is 0 Å². The van der Waals surface area contributed by atoms with Gasteiger partial charge in [0.05, 0.1) is 5.02 Å². The van der Waals surface area contributed by atoms with Crippen molar-refractivity contribution in [1.29, 1.82) is 0 Å². The Morgan fingerprint density at radius 3 is 2.55 bits per heavy atom. The van der Waals surface area contributed by atoms with E-state index in [2.05, 4.69) is 19.2 Å². The summed E-state index contributed by atoms with van der Waals surface area (Å²) in [7, 11) is 0. The molecule has 0 bridgehead atoms. The number of rotatable bonds is 5. The molecule has 1 N–H and O–H groups in total. The molecule has 112 valence electrons. The Kier molecular flexibility index (Phi) is 5.45. The molecule has 3 heteroatoms. The highest BCUT2D eigenvalue weighted by Gasteiger charge is 2.32. The van der Waals surface area contributed by atoms with Crippen LogP contribution in [0.4, 0.5) is 4.39 Å². The summed E-state index contributed by atoms with van der Waals surface area (Å²) in [5, 5.41) is 3.84. The van der Waals surface area contributed by atoms with Crippen molar-refractivity contribution in [3.63, 3.8) is 0 Å². The van der Waals surface area contributed by atoms with Crippen molar-refractivity contribution >= 4 is 11.6 Å². The minimum atomic E-state index is -0.326. The van der Waals surface area contributed by atoms with Crippen LogP contribution in [0, 0.1) is 11.2 Å². The maximum Gasteiger partial charge on any atom is 0.141 e. The van der Waals surface area contributed by atoms with Crippen molar-refractivity contribution in [2.24, 2.45) is 5.41 Å². The smallest absolute Gasteiger partial charge is 0.141 e. The molecule has 1 saturated carbocycles. The molecule has 1 nitrogen and oxygen atoms in total. The van der Waals surface area contributed by atoms with Crippen molar-refractivity contribution in [3.8, 4) is 0 Å². The van der Waals surface area contributed by atoms with E-state index >= 15 is 0 Å². The zero-order valence-electron chi connectivity index (χ0n) is 12.5. The molecule has 0 amide bonds. The molecule has 0 radical (unpaired) electrons. The van der Waals surface area contributed by atoms with Crippen LogP contribution >= 0.6 is 11.6 Å². The molecule has 0 atom stereocenters. The third-order valence-electron chi connectivity index (χ3n) is 4.36. The first kappa shape index (κ1) is 15.8. The first-order chi connectivity index (χ1) is 9.51. The number of halogens is 2. The summed E-state index contributed by atoms with van der Waals surface area (Å²) in [6.07, 6.45) is 7.44. The minimum Gasteiger partial charge on any atom is -0.314 e. The van der Waals surface area contributed by atoms with Gasteiger partial charge in [-0.15, -0.1) is 0 Å². The second-order valence-corrected chi connectivity index (χ2v) is 6.93. The third kappa shape index (κ3) is 4.20. The van der Waals surface area contributed by atoms with Crippen LogP contribution in [0.15, 0.2) is 18.2 Å². The van der Waals surface area contributed by atoms with Gasteiger partial charge in [0.15, 0.2) is 0 Å². The highest BCUT2D eigenvalue weighted by atomic mass is 35.5. The average Bonchev–Trinajstić information content (AvgIpc) is 2.42. The fraction of sp³-hybridized carbons (Fsp3) is 0.647. The highest BCUT2D eigenvalue weighted by Crippen LogP contribution is 2.39. The van der Waals surface area contributed by atoms with Crippen LogP contribution in [0.5, 0.6) is 0 Å². The second-order valence-electron chi connectivity index (χ2n) is 6.52. The average molecular weight is 298 g/mol. The molecular formula is C17H25ClFN. The zero-order valence-corrected chi connectivity index (χ0v) is 13.3. The predicted molar refractivity (Wildman–Crippen MR) is 83.8 cm³/mol. The van der Waals surface area contributed by atoms with Gasteiger partial charge in [-0.05, 0) is 42.4 Å². The fourth-order valence-electron chi connectivity index (χ4n) is 3.22. The van der Waals surface area contributed by atoms with E-state index in [-0.39, 0.29) is 10.8 Å². The third-order valence-corrected chi connectivity index (χ3v) is 4.65. The number of nitrogens with one attached hydrogen (secondary N) is 1. The lowest BCUT2D eigenvalue weighted by atomic mass is 9.70. The number of hydrogen-bond acceptors (Lipinski definition) is 1. The molecule has 1 fully saturated rings. The summed E-state index contributed by atoms with van der Waals surface area (Å²) in [5.41, 5.74) is 1.47. The van der Waals surface area contributed by atoms with Crippen LogP contribution in [0.1, 0.15) is 51.5 Å². The summed E-state index contributed by atoms with van der Waals surface area (Å²) in [5.74, 6) is -0.326. The van der Waals surface area contributed by atoms with Crippen LogP contribution in [-0.4, -0.2) is 12.6 Å². The van der Waals surface area contributed by atoms with E-state index in [0.717, 1.165) is 18.5 Å². The van der Waals surface area contributed by atoms with Crippen molar-refractivity contribution < 1.29 is 4.39 Å². The van der Waals surface area contributed by atoms with Crippen LogP contribution in [0.25, 0.3) is 0 Å². The first-order valence-electron chi connectivity index (χ1n) is 7.68. The predicted octanol–water partition coefficient (Wildman–Crippen LogP) is 4.97. The van der Waals surface area contributed by atoms with E-state index in [9.17, 15) is 4.39 Å². The molecule has 0 unspecified atom stereocenters. The lowest BCUT2D eigenvalue weighted by molar-refractivity contribution is 0.176. The topological polar surface area (TPSA) is 12.0 Å². The maximum absolute atomic E-state index is 13.3. The molecule has 0 aromatic heterocycles. The second kappa shape index (κ2) is 6.91. The van der Waals surface area contributed by atoms with Crippen LogP contribution in [0.2, 0.25) is 5.02 Å². The van der Waals surface area contributed by atoms with E-state index < -0.39 is 0 Å². The fourth-order valence-corrected chi connectivity index (χ4v) is 3.42. The zero-order chi connectivity index (χ0) is 14.6. The van der Waals surface area contributed by atoms with Crippen molar-refractivity contribution in [1.82, 2.24) is 5.32 Å². The van der Waals surface area contributed by atoms with Crippen molar-refractivity contribution in [3.05, 3.63) is 34.6 Å². The lowest BCUT2D eigenvalue weighted by Gasteiger charge is -2.38. The molecule has 1 aromatic carbocycles. The Morgan fingerprint density at radius 2 is 1.95 bits per heavy atom. The SMILES string of the molecule is CC(C)NCC1(Cc2ccc(F)c(Cl)c2)CCCCC1. The summed E-state index contributed by atoms with van der Waals surface area (Å²) in [6.45, 7) is 5.41. The summed E-state index contributed by atoms with van der Waals surface area (Å²) >= 11 is 5.91. The Hall–Kier alpha value is -0.600. The highest BCUT2D eigenvalue weighted by molar-refractivity contribution is 6.30. The molecular weight excluding hydrogens is 273 g/mol. The van der Waals surface area contributed by atoms with Gasteiger partial charge in [-0.25, -0.2) is 4.39 Å².